The highest BCUT2D eigenvalue weighted by Crippen LogP contribution is 2.37. The maximum absolute atomic E-state index is 14.0. The summed E-state index contributed by atoms with van der Waals surface area (Å²) in [5.41, 5.74) is 4.09. The van der Waals surface area contributed by atoms with Crippen LogP contribution in [0.3, 0.4) is 0 Å². The van der Waals surface area contributed by atoms with Crippen LogP contribution < -0.4 is 24.4 Å². The van der Waals surface area contributed by atoms with Crippen LogP contribution in [0.2, 0.25) is 0 Å². The molecule has 1 N–H and O–H groups in total. The molecule has 2 aromatic carbocycles. The first kappa shape index (κ1) is 24.6. The number of para-hydroxylation sites is 1. The van der Waals surface area contributed by atoms with E-state index in [2.05, 4.69) is 9.98 Å². The van der Waals surface area contributed by atoms with Crippen LogP contribution in [0.15, 0.2) is 63.5 Å². The number of allylic oxidation sites excluding steroid dienone is 1. The van der Waals surface area contributed by atoms with E-state index in [1.54, 1.807) is 50.8 Å². The molecule has 0 saturated heterocycles. The number of nitrogens with zero attached hydrogens (tertiary/aromatic N) is 2. The number of esters is 1. The Morgan fingerprint density at radius 1 is 1.16 bits per heavy atom. The van der Waals surface area contributed by atoms with Gasteiger partial charge in [-0.3, -0.25) is 9.36 Å². The molecule has 0 saturated carbocycles. The molecular formula is C28H27N3O5S. The summed E-state index contributed by atoms with van der Waals surface area (Å²) < 4.78 is 18.5. The molecule has 2 aromatic heterocycles. The Morgan fingerprint density at radius 3 is 2.68 bits per heavy atom. The fourth-order valence-electron chi connectivity index (χ4n) is 4.75. The molecule has 0 bridgehead atoms. The third kappa shape index (κ3) is 4.15. The summed E-state index contributed by atoms with van der Waals surface area (Å²) >= 11 is 1.29. The summed E-state index contributed by atoms with van der Waals surface area (Å²) in [6.45, 7) is 5.69. The Bertz CT molecular complexity index is 1740. The molecule has 0 unspecified atom stereocenters. The summed E-state index contributed by atoms with van der Waals surface area (Å²) in [5.74, 6) is 0.567. The molecule has 0 spiro atoms. The van der Waals surface area contributed by atoms with Crippen molar-refractivity contribution in [2.45, 2.75) is 26.8 Å². The van der Waals surface area contributed by atoms with Crippen molar-refractivity contribution < 1.29 is 19.0 Å². The maximum Gasteiger partial charge on any atom is 0.338 e. The lowest BCUT2D eigenvalue weighted by Crippen LogP contribution is -2.40. The zero-order chi connectivity index (χ0) is 26.3. The molecule has 37 heavy (non-hydrogen) atoms. The van der Waals surface area contributed by atoms with Gasteiger partial charge < -0.3 is 19.2 Å². The van der Waals surface area contributed by atoms with Gasteiger partial charge in [0.15, 0.2) is 4.80 Å². The molecule has 5 rings (SSSR count). The van der Waals surface area contributed by atoms with Crippen LogP contribution in [0, 0.1) is 6.92 Å². The van der Waals surface area contributed by atoms with Crippen molar-refractivity contribution in [2.24, 2.45) is 4.99 Å². The fraction of sp³-hybridized carbons (Fsp3) is 0.250. The first-order chi connectivity index (χ1) is 17.9. The predicted molar refractivity (Wildman–Crippen MR) is 143 cm³/mol. The van der Waals surface area contributed by atoms with Crippen LogP contribution in [0.5, 0.6) is 11.5 Å². The van der Waals surface area contributed by atoms with Crippen molar-refractivity contribution in [3.8, 4) is 11.5 Å². The quantitative estimate of drug-likeness (QED) is 0.395. The van der Waals surface area contributed by atoms with E-state index < -0.39 is 12.0 Å². The molecule has 4 aromatic rings. The number of benzene rings is 2. The standard InChI is InChI=1S/C28H27N3O5S/c1-6-36-27(33)24-16(3)30-28-31(25(24)19-12-11-17(34-4)13-22(19)35-5)26(32)23(37-28)14-20-15(2)29-21-10-8-7-9-18(20)21/h7-14,25,29H,6H2,1-5H3/t25-/m1/s1. The topological polar surface area (TPSA) is 94.9 Å². The molecule has 190 valence electrons. The second kappa shape index (κ2) is 9.74. The summed E-state index contributed by atoms with van der Waals surface area (Å²) in [7, 11) is 3.11. The number of H-pyrrole nitrogens is 1. The largest absolute Gasteiger partial charge is 0.497 e. The number of aryl methyl sites for hydroxylation is 1. The van der Waals surface area contributed by atoms with Gasteiger partial charge in [0, 0.05) is 33.8 Å². The lowest BCUT2D eigenvalue weighted by atomic mass is 9.95. The number of hydrogen-bond acceptors (Lipinski definition) is 7. The van der Waals surface area contributed by atoms with E-state index in [0.29, 0.717) is 37.7 Å². The number of fused-ring (bicyclic) bond motifs is 2. The number of nitrogens with one attached hydrogen (secondary N) is 1. The van der Waals surface area contributed by atoms with Crippen LogP contribution in [0.4, 0.5) is 0 Å². The molecule has 1 aliphatic rings. The molecule has 0 aliphatic carbocycles. The van der Waals surface area contributed by atoms with Gasteiger partial charge in [-0.1, -0.05) is 29.5 Å². The van der Waals surface area contributed by atoms with Crippen LogP contribution in [-0.4, -0.2) is 36.3 Å². The number of aromatic amines is 1. The van der Waals surface area contributed by atoms with E-state index in [9.17, 15) is 9.59 Å². The molecule has 8 nitrogen and oxygen atoms in total. The van der Waals surface area contributed by atoms with Crippen molar-refractivity contribution in [1.29, 1.82) is 0 Å². The second-order valence-electron chi connectivity index (χ2n) is 8.62. The number of rotatable bonds is 6. The molecule has 1 aliphatic heterocycles. The number of hydrogen-bond donors (Lipinski definition) is 1. The maximum atomic E-state index is 14.0. The highest BCUT2D eigenvalue weighted by molar-refractivity contribution is 7.07. The molecule has 0 amide bonds. The molecular weight excluding hydrogens is 490 g/mol. The average Bonchev–Trinajstić information content (AvgIpc) is 3.38. The van der Waals surface area contributed by atoms with E-state index >= 15 is 0 Å². The van der Waals surface area contributed by atoms with Gasteiger partial charge in [0.05, 0.1) is 36.6 Å². The third-order valence-corrected chi connectivity index (χ3v) is 7.45. The van der Waals surface area contributed by atoms with Crippen molar-refractivity contribution >= 4 is 34.3 Å². The summed E-state index contributed by atoms with van der Waals surface area (Å²) in [5, 5.41) is 1.03. The zero-order valence-electron chi connectivity index (χ0n) is 21.2. The molecule has 9 heteroatoms. The minimum atomic E-state index is -0.776. The number of carbonyl (C=O) groups is 1. The number of thiazole rings is 1. The fourth-order valence-corrected chi connectivity index (χ4v) is 5.77. The van der Waals surface area contributed by atoms with Gasteiger partial charge in [0.2, 0.25) is 0 Å². The lowest BCUT2D eigenvalue weighted by molar-refractivity contribution is -0.139. The van der Waals surface area contributed by atoms with Crippen molar-refractivity contribution in [3.63, 3.8) is 0 Å². The number of aromatic nitrogens is 2. The first-order valence-electron chi connectivity index (χ1n) is 11.9. The van der Waals surface area contributed by atoms with Crippen molar-refractivity contribution in [3.05, 3.63) is 90.2 Å². The van der Waals surface area contributed by atoms with Gasteiger partial charge in [-0.05, 0) is 45.0 Å². The van der Waals surface area contributed by atoms with Gasteiger partial charge >= 0.3 is 5.97 Å². The zero-order valence-corrected chi connectivity index (χ0v) is 22.1. The first-order valence-corrected chi connectivity index (χ1v) is 12.7. The van der Waals surface area contributed by atoms with E-state index in [1.807, 2.05) is 37.3 Å². The highest BCUT2D eigenvalue weighted by Gasteiger charge is 2.35. The SMILES string of the molecule is CCOC(=O)C1=C(C)N=c2sc(=Cc3c(C)[nH]c4ccccc34)c(=O)n2[C@@H]1c1ccc(OC)cc1OC. The average molecular weight is 518 g/mol. The van der Waals surface area contributed by atoms with Crippen LogP contribution in [-0.2, 0) is 9.53 Å². The Hall–Kier alpha value is -4.11. The van der Waals surface area contributed by atoms with Gasteiger partial charge in [-0.25, -0.2) is 9.79 Å². The van der Waals surface area contributed by atoms with Gasteiger partial charge in [-0.15, -0.1) is 0 Å². The minimum absolute atomic E-state index is 0.201. The molecule has 3 heterocycles. The number of ether oxygens (including phenoxy) is 3. The van der Waals surface area contributed by atoms with Crippen LogP contribution in [0.1, 0.15) is 36.7 Å². The van der Waals surface area contributed by atoms with Gasteiger partial charge in [0.25, 0.3) is 5.56 Å². The normalized spacial score (nSPS) is 15.5. The Balaban J connectivity index is 1.78. The van der Waals surface area contributed by atoms with E-state index in [-0.39, 0.29) is 12.2 Å². The Morgan fingerprint density at radius 2 is 1.95 bits per heavy atom. The summed E-state index contributed by atoms with van der Waals surface area (Å²) in [6, 6.07) is 12.5. The second-order valence-corrected chi connectivity index (χ2v) is 9.63. The number of carbonyl (C=O) groups excluding carboxylic acids is 1. The Labute approximate surface area is 217 Å². The molecule has 0 radical (unpaired) electrons. The predicted octanol–water partition coefficient (Wildman–Crippen LogP) is 3.61. The molecule has 1 atom stereocenters. The van der Waals surface area contributed by atoms with E-state index in [0.717, 1.165) is 22.2 Å². The van der Waals surface area contributed by atoms with E-state index in [4.69, 9.17) is 14.2 Å². The summed E-state index contributed by atoms with van der Waals surface area (Å²) in [6.07, 6.45) is 1.89. The number of methoxy groups -OCH3 is 2. The van der Waals surface area contributed by atoms with E-state index in [1.165, 1.54) is 11.3 Å². The Kier molecular flexibility index (Phi) is 6.47. The van der Waals surface area contributed by atoms with Gasteiger partial charge in [-0.2, -0.15) is 0 Å². The van der Waals surface area contributed by atoms with Crippen LogP contribution in [0.25, 0.3) is 17.0 Å². The van der Waals surface area contributed by atoms with Gasteiger partial charge in [0.1, 0.15) is 17.5 Å². The monoisotopic (exact) mass is 517 g/mol. The molecule has 0 fully saturated rings. The van der Waals surface area contributed by atoms with Crippen molar-refractivity contribution in [1.82, 2.24) is 9.55 Å². The highest BCUT2D eigenvalue weighted by atomic mass is 32.1. The third-order valence-electron chi connectivity index (χ3n) is 6.47. The smallest absolute Gasteiger partial charge is 0.338 e. The summed E-state index contributed by atoms with van der Waals surface area (Å²) in [4.78, 5) is 35.7. The van der Waals surface area contributed by atoms with Crippen molar-refractivity contribution in [2.75, 3.05) is 20.8 Å². The van der Waals surface area contributed by atoms with Crippen LogP contribution >= 0.6 is 11.3 Å². The minimum Gasteiger partial charge on any atom is -0.497 e. The lowest BCUT2D eigenvalue weighted by Gasteiger charge is -2.26.